The Morgan fingerprint density at radius 1 is 1.00 bits per heavy atom. The summed E-state index contributed by atoms with van der Waals surface area (Å²) in [5, 5.41) is 3.33. The van der Waals surface area contributed by atoms with Gasteiger partial charge in [0.25, 0.3) is 5.91 Å². The van der Waals surface area contributed by atoms with Crippen LogP contribution in [0.15, 0.2) is 42.5 Å². The van der Waals surface area contributed by atoms with Gasteiger partial charge in [-0.3, -0.25) is 15.6 Å². The van der Waals surface area contributed by atoms with Gasteiger partial charge in [0.2, 0.25) is 0 Å². The molecule has 0 saturated carbocycles. The van der Waals surface area contributed by atoms with Crippen LogP contribution in [0.2, 0.25) is 0 Å². The van der Waals surface area contributed by atoms with Gasteiger partial charge in [-0.1, -0.05) is 25.5 Å². The molecule has 0 heterocycles. The number of methoxy groups -OCH3 is 2. The van der Waals surface area contributed by atoms with Gasteiger partial charge < -0.3 is 14.8 Å². The van der Waals surface area contributed by atoms with E-state index in [-0.39, 0.29) is 5.91 Å². The molecule has 2 rings (SSSR count). The maximum Gasteiger partial charge on any atom is 0.269 e. The molecule has 0 spiro atoms. The molecule has 144 valence electrons. The van der Waals surface area contributed by atoms with Crippen molar-refractivity contribution < 1.29 is 14.3 Å². The second kappa shape index (κ2) is 10.4. The van der Waals surface area contributed by atoms with E-state index >= 15 is 0 Å². The number of anilines is 1. The first kappa shape index (κ1) is 20.5. The fourth-order valence-corrected chi connectivity index (χ4v) is 2.63. The lowest BCUT2D eigenvalue weighted by atomic mass is 10.1. The number of carbonyl (C=O) groups excluding carboxylic acids is 1. The van der Waals surface area contributed by atoms with Crippen molar-refractivity contribution in [2.75, 3.05) is 19.5 Å². The Hall–Kier alpha value is -2.80. The first-order valence-electron chi connectivity index (χ1n) is 8.75. The maximum absolute atomic E-state index is 12.3. The Balaban J connectivity index is 1.86. The van der Waals surface area contributed by atoms with Crippen molar-refractivity contribution in [1.82, 2.24) is 10.9 Å². The van der Waals surface area contributed by atoms with Crippen LogP contribution in [0.4, 0.5) is 5.69 Å². The molecule has 0 fully saturated rings. The first-order chi connectivity index (χ1) is 13.1. The van der Waals surface area contributed by atoms with Gasteiger partial charge in [0.15, 0.2) is 16.6 Å². The highest BCUT2D eigenvalue weighted by atomic mass is 32.1. The van der Waals surface area contributed by atoms with E-state index in [0.717, 1.165) is 12.1 Å². The molecule has 6 nitrogen and oxygen atoms in total. The summed E-state index contributed by atoms with van der Waals surface area (Å²) in [7, 11) is 3.06. The fourth-order valence-electron chi connectivity index (χ4n) is 2.46. The molecule has 2 aromatic carbocycles. The fraction of sp³-hybridized carbons (Fsp3) is 0.300. The van der Waals surface area contributed by atoms with Crippen molar-refractivity contribution in [1.29, 1.82) is 0 Å². The Kier molecular flexibility index (Phi) is 7.88. The highest BCUT2D eigenvalue weighted by molar-refractivity contribution is 7.80. The van der Waals surface area contributed by atoms with Gasteiger partial charge in [-0.05, 0) is 61.0 Å². The zero-order valence-corrected chi connectivity index (χ0v) is 16.6. The van der Waals surface area contributed by atoms with Crippen molar-refractivity contribution in [3.63, 3.8) is 0 Å². The molecule has 2 aromatic rings. The molecule has 0 saturated heterocycles. The van der Waals surface area contributed by atoms with Crippen LogP contribution in [-0.4, -0.2) is 25.2 Å². The van der Waals surface area contributed by atoms with Gasteiger partial charge in [0.05, 0.1) is 14.2 Å². The average Bonchev–Trinajstić information content (AvgIpc) is 2.70. The van der Waals surface area contributed by atoms with Gasteiger partial charge in [-0.25, -0.2) is 0 Å². The summed E-state index contributed by atoms with van der Waals surface area (Å²) in [6.45, 7) is 2.18. The van der Waals surface area contributed by atoms with Crippen LogP contribution >= 0.6 is 12.2 Å². The summed E-state index contributed by atoms with van der Waals surface area (Å²) in [5.74, 6) is 0.700. The minimum absolute atomic E-state index is 0.296. The second-order valence-corrected chi connectivity index (χ2v) is 6.31. The number of aryl methyl sites for hydroxylation is 1. The minimum Gasteiger partial charge on any atom is -0.493 e. The molecule has 0 aliphatic carbocycles. The number of rotatable bonds is 7. The molecule has 0 bridgehead atoms. The number of ether oxygens (including phenoxy) is 2. The predicted octanol–water partition coefficient (Wildman–Crippen LogP) is 3.68. The highest BCUT2D eigenvalue weighted by Crippen LogP contribution is 2.27. The Morgan fingerprint density at radius 3 is 2.33 bits per heavy atom. The van der Waals surface area contributed by atoms with Crippen LogP contribution in [-0.2, 0) is 6.42 Å². The monoisotopic (exact) mass is 387 g/mol. The standard InChI is InChI=1S/C20H25N3O3S/c1-4-5-6-14-7-10-16(11-8-14)21-20(27)23-22-19(24)15-9-12-17(25-2)18(13-15)26-3/h7-13H,4-6H2,1-3H3,(H,22,24)(H2,21,23,27). The van der Waals surface area contributed by atoms with Crippen LogP contribution in [0.1, 0.15) is 35.7 Å². The zero-order chi connectivity index (χ0) is 19.6. The van der Waals surface area contributed by atoms with Gasteiger partial charge in [0.1, 0.15) is 0 Å². The predicted molar refractivity (Wildman–Crippen MR) is 111 cm³/mol. The number of amides is 1. The van der Waals surface area contributed by atoms with E-state index in [0.29, 0.717) is 22.2 Å². The maximum atomic E-state index is 12.3. The van der Waals surface area contributed by atoms with Crippen molar-refractivity contribution in [2.24, 2.45) is 0 Å². The Morgan fingerprint density at radius 2 is 1.70 bits per heavy atom. The number of hydrogen-bond donors (Lipinski definition) is 3. The van der Waals surface area contributed by atoms with Crippen LogP contribution in [0.25, 0.3) is 0 Å². The third kappa shape index (κ3) is 6.14. The Labute approximate surface area is 165 Å². The molecule has 0 aliphatic rings. The molecular formula is C20H25N3O3S. The van der Waals surface area contributed by atoms with Crippen LogP contribution in [0.5, 0.6) is 11.5 Å². The lowest BCUT2D eigenvalue weighted by Gasteiger charge is -2.13. The highest BCUT2D eigenvalue weighted by Gasteiger charge is 2.11. The van der Waals surface area contributed by atoms with E-state index in [9.17, 15) is 4.79 Å². The van der Waals surface area contributed by atoms with Gasteiger partial charge in [0, 0.05) is 11.3 Å². The summed E-state index contributed by atoms with van der Waals surface area (Å²) >= 11 is 5.21. The SMILES string of the molecule is CCCCc1ccc(NC(=S)NNC(=O)c2ccc(OC)c(OC)c2)cc1. The zero-order valence-electron chi connectivity index (χ0n) is 15.8. The summed E-state index contributed by atoms with van der Waals surface area (Å²) < 4.78 is 10.4. The molecule has 0 aromatic heterocycles. The van der Waals surface area contributed by atoms with E-state index in [1.165, 1.54) is 25.5 Å². The molecule has 0 unspecified atom stereocenters. The number of benzene rings is 2. The molecule has 7 heteroatoms. The Bertz CT molecular complexity index is 779. The average molecular weight is 388 g/mol. The molecule has 27 heavy (non-hydrogen) atoms. The van der Waals surface area contributed by atoms with Crippen molar-refractivity contribution >= 4 is 28.9 Å². The summed E-state index contributed by atoms with van der Waals surface area (Å²) in [4.78, 5) is 12.3. The second-order valence-electron chi connectivity index (χ2n) is 5.90. The van der Waals surface area contributed by atoms with E-state index in [1.54, 1.807) is 25.3 Å². The molecule has 0 aliphatic heterocycles. The number of unbranched alkanes of at least 4 members (excludes halogenated alkanes) is 1. The molecule has 0 atom stereocenters. The quantitative estimate of drug-likeness (QED) is 0.497. The van der Waals surface area contributed by atoms with E-state index in [1.807, 2.05) is 12.1 Å². The van der Waals surface area contributed by atoms with E-state index in [2.05, 4.69) is 35.2 Å². The molecule has 0 radical (unpaired) electrons. The minimum atomic E-state index is -0.338. The lowest BCUT2D eigenvalue weighted by Crippen LogP contribution is -2.43. The number of thiocarbonyl (C=S) groups is 1. The van der Waals surface area contributed by atoms with Crippen molar-refractivity contribution in [2.45, 2.75) is 26.2 Å². The van der Waals surface area contributed by atoms with Gasteiger partial charge in [-0.15, -0.1) is 0 Å². The van der Waals surface area contributed by atoms with Crippen LogP contribution in [0.3, 0.4) is 0 Å². The third-order valence-corrected chi connectivity index (χ3v) is 4.17. The van der Waals surface area contributed by atoms with Crippen LogP contribution < -0.4 is 25.6 Å². The summed E-state index contributed by atoms with van der Waals surface area (Å²) in [5.41, 5.74) is 7.82. The first-order valence-corrected chi connectivity index (χ1v) is 9.16. The topological polar surface area (TPSA) is 71.6 Å². The number of hydrazine groups is 1. The van der Waals surface area contributed by atoms with Crippen LogP contribution in [0, 0.1) is 0 Å². The van der Waals surface area contributed by atoms with Crippen molar-refractivity contribution in [3.8, 4) is 11.5 Å². The number of nitrogens with one attached hydrogen (secondary N) is 3. The van der Waals surface area contributed by atoms with E-state index < -0.39 is 0 Å². The third-order valence-electron chi connectivity index (χ3n) is 3.97. The largest absolute Gasteiger partial charge is 0.493 e. The summed E-state index contributed by atoms with van der Waals surface area (Å²) in [6.07, 6.45) is 3.42. The molecule has 1 amide bonds. The smallest absolute Gasteiger partial charge is 0.269 e. The lowest BCUT2D eigenvalue weighted by molar-refractivity contribution is 0.0944. The van der Waals surface area contributed by atoms with Gasteiger partial charge >= 0.3 is 0 Å². The number of carbonyl (C=O) groups is 1. The van der Waals surface area contributed by atoms with E-state index in [4.69, 9.17) is 21.7 Å². The van der Waals surface area contributed by atoms with Crippen molar-refractivity contribution in [3.05, 3.63) is 53.6 Å². The van der Waals surface area contributed by atoms with Gasteiger partial charge in [-0.2, -0.15) is 0 Å². The summed E-state index contributed by atoms with van der Waals surface area (Å²) in [6, 6.07) is 13.0. The number of hydrogen-bond acceptors (Lipinski definition) is 4. The molecule has 3 N–H and O–H groups in total. The normalized spacial score (nSPS) is 10.0. The molecular weight excluding hydrogens is 362 g/mol.